The van der Waals surface area contributed by atoms with E-state index < -0.39 is 0 Å². The van der Waals surface area contributed by atoms with Crippen LogP contribution in [0.4, 0.5) is 17.8 Å². The van der Waals surface area contributed by atoms with Gasteiger partial charge in [0.1, 0.15) is 0 Å². The summed E-state index contributed by atoms with van der Waals surface area (Å²) in [6.45, 7) is 11.4. The monoisotopic (exact) mass is 296 g/mol. The molecule has 0 aromatic carbocycles. The van der Waals surface area contributed by atoms with Gasteiger partial charge in [0.25, 0.3) is 0 Å². The SMILES string of the molecule is CCNc1nc(NC(CC)COC)nc(N(CC)CC)n1. The molecule has 0 fully saturated rings. The van der Waals surface area contributed by atoms with Gasteiger partial charge >= 0.3 is 0 Å². The van der Waals surface area contributed by atoms with Crippen molar-refractivity contribution < 1.29 is 4.74 Å². The van der Waals surface area contributed by atoms with Crippen LogP contribution in [0, 0.1) is 0 Å². The molecule has 1 aromatic rings. The Labute approximate surface area is 127 Å². The van der Waals surface area contributed by atoms with Crippen LogP contribution in [0.1, 0.15) is 34.1 Å². The second-order valence-corrected chi connectivity index (χ2v) is 4.69. The second kappa shape index (κ2) is 9.33. The van der Waals surface area contributed by atoms with Crippen LogP contribution in [-0.4, -0.2) is 54.3 Å². The Balaban J connectivity index is 3.00. The zero-order valence-electron chi connectivity index (χ0n) is 13.8. The quantitative estimate of drug-likeness (QED) is 0.684. The van der Waals surface area contributed by atoms with E-state index >= 15 is 0 Å². The van der Waals surface area contributed by atoms with Crippen LogP contribution >= 0.6 is 0 Å². The molecule has 1 aromatic heterocycles. The minimum Gasteiger partial charge on any atom is -0.383 e. The summed E-state index contributed by atoms with van der Waals surface area (Å²) in [4.78, 5) is 15.5. The molecule has 1 rings (SSSR count). The van der Waals surface area contributed by atoms with Crippen LogP contribution in [0.2, 0.25) is 0 Å². The summed E-state index contributed by atoms with van der Waals surface area (Å²) >= 11 is 0. The predicted molar refractivity (Wildman–Crippen MR) is 87.1 cm³/mol. The van der Waals surface area contributed by atoms with Crippen molar-refractivity contribution in [3.8, 4) is 0 Å². The fourth-order valence-electron chi connectivity index (χ4n) is 1.96. The molecule has 0 spiro atoms. The minimum atomic E-state index is 0.191. The van der Waals surface area contributed by atoms with Crippen LogP contribution in [0.25, 0.3) is 0 Å². The number of hydrogen-bond acceptors (Lipinski definition) is 7. The van der Waals surface area contributed by atoms with Crippen molar-refractivity contribution in [2.45, 2.75) is 40.2 Å². The first-order valence-electron chi connectivity index (χ1n) is 7.68. The Morgan fingerprint density at radius 2 is 1.71 bits per heavy atom. The highest BCUT2D eigenvalue weighted by molar-refractivity contribution is 5.44. The summed E-state index contributed by atoms with van der Waals surface area (Å²) in [6, 6.07) is 0.191. The number of rotatable bonds is 10. The molecule has 7 nitrogen and oxygen atoms in total. The topological polar surface area (TPSA) is 75.2 Å². The Kier molecular flexibility index (Phi) is 7.74. The number of nitrogens with zero attached hydrogens (tertiary/aromatic N) is 4. The first-order chi connectivity index (χ1) is 10.2. The van der Waals surface area contributed by atoms with Crippen LogP contribution in [0.15, 0.2) is 0 Å². The van der Waals surface area contributed by atoms with Gasteiger partial charge in [-0.05, 0) is 27.2 Å². The van der Waals surface area contributed by atoms with E-state index in [-0.39, 0.29) is 6.04 Å². The van der Waals surface area contributed by atoms with Crippen LogP contribution in [0.5, 0.6) is 0 Å². The van der Waals surface area contributed by atoms with Crippen LogP contribution in [-0.2, 0) is 4.74 Å². The summed E-state index contributed by atoms with van der Waals surface area (Å²) in [5.41, 5.74) is 0. The molecule has 2 N–H and O–H groups in total. The van der Waals surface area contributed by atoms with Gasteiger partial charge in [-0.25, -0.2) is 0 Å². The maximum Gasteiger partial charge on any atom is 0.231 e. The largest absolute Gasteiger partial charge is 0.383 e. The first kappa shape index (κ1) is 17.4. The van der Waals surface area contributed by atoms with E-state index in [9.17, 15) is 0 Å². The lowest BCUT2D eigenvalue weighted by molar-refractivity contribution is 0.184. The molecule has 0 aliphatic rings. The fraction of sp³-hybridized carbons (Fsp3) is 0.786. The number of anilines is 3. The Hall–Kier alpha value is -1.63. The maximum absolute atomic E-state index is 5.21. The van der Waals surface area contributed by atoms with Gasteiger partial charge in [-0.3, -0.25) is 0 Å². The molecular formula is C14H28N6O. The molecule has 21 heavy (non-hydrogen) atoms. The highest BCUT2D eigenvalue weighted by Gasteiger charge is 2.13. The molecule has 0 aliphatic heterocycles. The van der Waals surface area contributed by atoms with Crippen molar-refractivity contribution in [1.82, 2.24) is 15.0 Å². The third-order valence-corrected chi connectivity index (χ3v) is 3.20. The van der Waals surface area contributed by atoms with E-state index in [1.165, 1.54) is 0 Å². The van der Waals surface area contributed by atoms with Crippen molar-refractivity contribution in [3.05, 3.63) is 0 Å². The van der Waals surface area contributed by atoms with Gasteiger partial charge < -0.3 is 20.3 Å². The Morgan fingerprint density at radius 1 is 1.05 bits per heavy atom. The number of ether oxygens (including phenoxy) is 1. The molecule has 0 radical (unpaired) electrons. The molecular weight excluding hydrogens is 268 g/mol. The van der Waals surface area contributed by atoms with E-state index in [2.05, 4.69) is 51.3 Å². The lowest BCUT2D eigenvalue weighted by Crippen LogP contribution is -2.28. The molecule has 0 aliphatic carbocycles. The lowest BCUT2D eigenvalue weighted by atomic mass is 10.2. The smallest absolute Gasteiger partial charge is 0.231 e. The van der Waals surface area contributed by atoms with Crippen molar-refractivity contribution >= 4 is 17.8 Å². The molecule has 0 saturated heterocycles. The highest BCUT2D eigenvalue weighted by atomic mass is 16.5. The van der Waals surface area contributed by atoms with E-state index in [1.807, 2.05) is 6.92 Å². The zero-order chi connectivity index (χ0) is 15.7. The normalized spacial score (nSPS) is 12.0. The average Bonchev–Trinajstić information content (AvgIpc) is 2.48. The third kappa shape index (κ3) is 5.34. The molecule has 1 atom stereocenters. The van der Waals surface area contributed by atoms with Gasteiger partial charge in [0.2, 0.25) is 17.8 Å². The van der Waals surface area contributed by atoms with Crippen molar-refractivity contribution in [3.63, 3.8) is 0 Å². The van der Waals surface area contributed by atoms with Crippen molar-refractivity contribution in [1.29, 1.82) is 0 Å². The van der Waals surface area contributed by atoms with Gasteiger partial charge in [0.15, 0.2) is 0 Å². The van der Waals surface area contributed by atoms with E-state index in [0.29, 0.717) is 24.5 Å². The first-order valence-corrected chi connectivity index (χ1v) is 7.68. The number of nitrogens with one attached hydrogen (secondary N) is 2. The number of methoxy groups -OCH3 is 1. The average molecular weight is 296 g/mol. The molecule has 120 valence electrons. The van der Waals surface area contributed by atoms with Crippen LogP contribution in [0.3, 0.4) is 0 Å². The summed E-state index contributed by atoms with van der Waals surface area (Å²) in [6.07, 6.45) is 0.941. The van der Waals surface area contributed by atoms with Crippen molar-refractivity contribution in [2.75, 3.05) is 48.9 Å². The molecule has 1 heterocycles. The Bertz CT molecular complexity index is 410. The van der Waals surface area contributed by atoms with Gasteiger partial charge in [-0.15, -0.1) is 0 Å². The zero-order valence-corrected chi connectivity index (χ0v) is 13.8. The van der Waals surface area contributed by atoms with Gasteiger partial charge in [-0.1, -0.05) is 6.92 Å². The summed E-state index contributed by atoms with van der Waals surface area (Å²) in [5.74, 6) is 1.89. The number of hydrogen-bond donors (Lipinski definition) is 2. The van der Waals surface area contributed by atoms with Gasteiger partial charge in [0, 0.05) is 26.7 Å². The van der Waals surface area contributed by atoms with E-state index in [0.717, 1.165) is 26.1 Å². The molecule has 0 saturated carbocycles. The summed E-state index contributed by atoms with van der Waals surface area (Å²) in [7, 11) is 1.70. The third-order valence-electron chi connectivity index (χ3n) is 3.20. The summed E-state index contributed by atoms with van der Waals surface area (Å²) in [5, 5.41) is 6.47. The molecule has 0 bridgehead atoms. The molecule has 1 unspecified atom stereocenters. The van der Waals surface area contributed by atoms with Crippen LogP contribution < -0.4 is 15.5 Å². The predicted octanol–water partition coefficient (Wildman–Crippen LogP) is 1.99. The number of aromatic nitrogens is 3. The van der Waals surface area contributed by atoms with E-state index in [1.54, 1.807) is 7.11 Å². The molecule has 0 amide bonds. The maximum atomic E-state index is 5.21. The standard InChI is InChI=1S/C14H28N6O/c1-6-11(10-21-5)16-13-17-12(15-7-2)18-14(19-13)20(8-3)9-4/h11H,6-10H2,1-5H3,(H2,15,16,17,18,19). The van der Waals surface area contributed by atoms with Crippen molar-refractivity contribution in [2.24, 2.45) is 0 Å². The summed E-state index contributed by atoms with van der Waals surface area (Å²) < 4.78 is 5.21. The Morgan fingerprint density at radius 3 is 2.24 bits per heavy atom. The highest BCUT2D eigenvalue weighted by Crippen LogP contribution is 2.14. The molecule has 7 heteroatoms. The van der Waals surface area contributed by atoms with Gasteiger partial charge in [-0.2, -0.15) is 15.0 Å². The second-order valence-electron chi connectivity index (χ2n) is 4.69. The minimum absolute atomic E-state index is 0.191. The van der Waals surface area contributed by atoms with E-state index in [4.69, 9.17) is 4.74 Å². The lowest BCUT2D eigenvalue weighted by Gasteiger charge is -2.21. The van der Waals surface area contributed by atoms with Gasteiger partial charge in [0.05, 0.1) is 12.6 Å². The fourth-order valence-corrected chi connectivity index (χ4v) is 1.96.